The maximum absolute atomic E-state index is 3.56. The number of rotatable bonds is 1. The molecule has 15 heavy (non-hydrogen) atoms. The van der Waals surface area contributed by atoms with E-state index in [4.69, 9.17) is 0 Å². The number of hydrogen-bond acceptors (Lipinski definition) is 0. The van der Waals surface area contributed by atoms with Gasteiger partial charge in [-0.15, -0.1) is 19.7 Å². The molecule has 0 heterocycles. The molecule has 0 aliphatic heterocycles. The van der Waals surface area contributed by atoms with Crippen molar-refractivity contribution in [3.8, 4) is 0 Å². The van der Waals surface area contributed by atoms with Crippen molar-refractivity contribution >= 4 is 0 Å². The Labute approximate surface area is 97.4 Å². The molecule has 0 spiro atoms. The van der Waals surface area contributed by atoms with Gasteiger partial charge < -0.3 is 0 Å². The minimum atomic E-state index is 1.17. The Kier molecular flexibility index (Phi) is 45.9. The molecule has 0 bridgehead atoms. The predicted molar refractivity (Wildman–Crippen MR) is 77.2 cm³/mol. The summed E-state index contributed by atoms with van der Waals surface area (Å²) in [5, 5.41) is 0. The van der Waals surface area contributed by atoms with Crippen LogP contribution in [0.3, 0.4) is 0 Å². The first-order valence-corrected chi connectivity index (χ1v) is 4.84. The third-order valence-corrected chi connectivity index (χ3v) is 0.167. The molecule has 0 aromatic rings. The Morgan fingerprint density at radius 3 is 0.800 bits per heavy atom. The van der Waals surface area contributed by atoms with Crippen LogP contribution in [0.15, 0.2) is 62.3 Å². The summed E-state index contributed by atoms with van der Waals surface area (Å²) in [6.45, 7) is 27.0. The van der Waals surface area contributed by atoms with Crippen LogP contribution in [0.1, 0.15) is 34.6 Å². The zero-order valence-electron chi connectivity index (χ0n) is 11.3. The van der Waals surface area contributed by atoms with Gasteiger partial charge in [0.2, 0.25) is 0 Å². The second-order valence-electron chi connectivity index (χ2n) is 3.29. The van der Waals surface area contributed by atoms with Crippen molar-refractivity contribution in [2.45, 2.75) is 34.6 Å². The molecule has 0 nitrogen and oxygen atoms in total. The van der Waals surface area contributed by atoms with Crippen LogP contribution in [-0.2, 0) is 0 Å². The third kappa shape index (κ3) is 16200. The van der Waals surface area contributed by atoms with Crippen molar-refractivity contribution in [3.05, 3.63) is 62.3 Å². The van der Waals surface area contributed by atoms with Gasteiger partial charge in [-0.2, -0.15) is 0 Å². The molecular weight excluding hydrogens is 180 g/mol. The SMILES string of the molecule is C=C(C)C.C=C(C)C.C=CC.C=CC=C. The van der Waals surface area contributed by atoms with Crippen LogP contribution >= 0.6 is 0 Å². The summed E-state index contributed by atoms with van der Waals surface area (Å²) in [5.41, 5.74) is 2.33. The molecule has 0 aliphatic rings. The van der Waals surface area contributed by atoms with Crippen LogP contribution in [0.2, 0.25) is 0 Å². The van der Waals surface area contributed by atoms with E-state index in [0.717, 1.165) is 0 Å². The highest BCUT2D eigenvalue weighted by atomic mass is 13.6. The van der Waals surface area contributed by atoms with E-state index in [1.165, 1.54) is 11.1 Å². The van der Waals surface area contributed by atoms with E-state index in [0.29, 0.717) is 0 Å². The predicted octanol–water partition coefficient (Wildman–Crippen LogP) is 5.72. The van der Waals surface area contributed by atoms with Gasteiger partial charge >= 0.3 is 0 Å². The Morgan fingerprint density at radius 1 is 0.733 bits per heavy atom. The lowest BCUT2D eigenvalue weighted by molar-refractivity contribution is 1.42. The molecule has 0 fully saturated rings. The van der Waals surface area contributed by atoms with Gasteiger partial charge in [-0.3, -0.25) is 0 Å². The van der Waals surface area contributed by atoms with Gasteiger partial charge in [0.25, 0.3) is 0 Å². The van der Waals surface area contributed by atoms with E-state index in [1.807, 2.05) is 34.6 Å². The monoisotopic (exact) mass is 208 g/mol. The van der Waals surface area contributed by atoms with E-state index < -0.39 is 0 Å². The van der Waals surface area contributed by atoms with Gasteiger partial charge in [0.05, 0.1) is 0 Å². The van der Waals surface area contributed by atoms with Crippen LogP contribution in [0, 0.1) is 0 Å². The molecule has 0 saturated carbocycles. The summed E-state index contributed by atoms with van der Waals surface area (Å²) in [4.78, 5) is 0. The smallest absolute Gasteiger partial charge is 0.0445 e. The van der Waals surface area contributed by atoms with Crippen LogP contribution in [-0.4, -0.2) is 0 Å². The summed E-state index contributed by atoms with van der Waals surface area (Å²) < 4.78 is 0. The van der Waals surface area contributed by atoms with E-state index in [2.05, 4.69) is 32.9 Å². The fourth-order valence-corrected chi connectivity index (χ4v) is 0. The molecule has 0 aliphatic carbocycles. The summed E-state index contributed by atoms with van der Waals surface area (Å²) in [7, 11) is 0. The quantitative estimate of drug-likeness (QED) is 0.382. The highest BCUT2D eigenvalue weighted by Gasteiger charge is 1.52. The topological polar surface area (TPSA) is 0 Å². The molecular formula is C15H28. The van der Waals surface area contributed by atoms with Crippen molar-refractivity contribution in [1.29, 1.82) is 0 Å². The van der Waals surface area contributed by atoms with Gasteiger partial charge in [0, 0.05) is 0 Å². The second kappa shape index (κ2) is 29.3. The summed E-state index contributed by atoms with van der Waals surface area (Å²) in [6, 6.07) is 0. The van der Waals surface area contributed by atoms with Gasteiger partial charge in [-0.25, -0.2) is 0 Å². The minimum absolute atomic E-state index is 1.17. The average molecular weight is 208 g/mol. The van der Waals surface area contributed by atoms with Gasteiger partial charge in [-0.1, -0.05) is 42.5 Å². The van der Waals surface area contributed by atoms with E-state index >= 15 is 0 Å². The number of allylic oxidation sites excluding steroid dienone is 5. The molecule has 0 aromatic heterocycles. The molecule has 0 unspecified atom stereocenters. The average Bonchev–Trinajstić information content (AvgIpc) is 2.03. The molecule has 0 N–H and O–H groups in total. The van der Waals surface area contributed by atoms with Crippen molar-refractivity contribution in [2.24, 2.45) is 0 Å². The Bertz CT molecular complexity index is 144. The van der Waals surface area contributed by atoms with Crippen molar-refractivity contribution in [1.82, 2.24) is 0 Å². The maximum atomic E-state index is 3.56. The van der Waals surface area contributed by atoms with Crippen LogP contribution in [0.4, 0.5) is 0 Å². The van der Waals surface area contributed by atoms with Crippen molar-refractivity contribution in [3.63, 3.8) is 0 Å². The molecule has 0 heteroatoms. The first-order chi connectivity index (χ1) is 6.79. The van der Waals surface area contributed by atoms with Gasteiger partial charge in [-0.05, 0) is 34.6 Å². The summed E-state index contributed by atoms with van der Waals surface area (Å²) in [5.74, 6) is 0. The zero-order chi connectivity index (χ0) is 13.3. The van der Waals surface area contributed by atoms with E-state index in [-0.39, 0.29) is 0 Å². The standard InChI is InChI=1S/2C4H8.C4H6.C3H6/c2*1-4(2)3;1-3-4-2;1-3-2/h2*1H2,2-3H3;3-4H,1-2H2;3H,1H2,2H3. The Balaban J connectivity index is -0.0000000542. The lowest BCUT2D eigenvalue weighted by Crippen LogP contribution is -1.43. The lowest BCUT2D eigenvalue weighted by Gasteiger charge is -1.65. The van der Waals surface area contributed by atoms with Crippen molar-refractivity contribution < 1.29 is 0 Å². The molecule has 0 rings (SSSR count). The Hall–Kier alpha value is -1.30. The molecule has 0 aromatic carbocycles. The molecule has 0 radical (unpaired) electrons. The van der Waals surface area contributed by atoms with Crippen LogP contribution in [0.5, 0.6) is 0 Å². The van der Waals surface area contributed by atoms with E-state index in [1.54, 1.807) is 18.2 Å². The summed E-state index contributed by atoms with van der Waals surface area (Å²) >= 11 is 0. The van der Waals surface area contributed by atoms with E-state index in [9.17, 15) is 0 Å². The zero-order valence-corrected chi connectivity index (χ0v) is 11.3. The fraction of sp³-hybridized carbons (Fsp3) is 0.333. The normalized spacial score (nSPS) is 5.67. The Morgan fingerprint density at radius 2 is 0.800 bits per heavy atom. The highest BCUT2D eigenvalue weighted by Crippen LogP contribution is 1.74. The largest absolute Gasteiger partial charge is 0.103 e. The molecule has 88 valence electrons. The molecule has 0 atom stereocenters. The van der Waals surface area contributed by atoms with Gasteiger partial charge in [0.1, 0.15) is 0 Å². The number of hydrogen-bond donors (Lipinski definition) is 0. The van der Waals surface area contributed by atoms with Crippen LogP contribution in [0.25, 0.3) is 0 Å². The van der Waals surface area contributed by atoms with Gasteiger partial charge in [0.15, 0.2) is 0 Å². The fourth-order valence-electron chi connectivity index (χ4n) is 0. The summed E-state index contributed by atoms with van der Waals surface area (Å²) in [6.07, 6.45) is 5.03. The minimum Gasteiger partial charge on any atom is -0.103 e. The molecule has 0 saturated heterocycles. The third-order valence-electron chi connectivity index (χ3n) is 0.167. The highest BCUT2D eigenvalue weighted by molar-refractivity contribution is 4.88. The molecule has 0 amide bonds. The van der Waals surface area contributed by atoms with Crippen molar-refractivity contribution in [2.75, 3.05) is 0 Å². The first kappa shape index (κ1) is 23.5. The first-order valence-electron chi connectivity index (χ1n) is 4.84. The van der Waals surface area contributed by atoms with Crippen LogP contribution < -0.4 is 0 Å². The maximum Gasteiger partial charge on any atom is -0.0445 e. The lowest BCUT2D eigenvalue weighted by atomic mass is 10.4. The second-order valence-corrected chi connectivity index (χ2v) is 3.29.